The molecule has 100 valence electrons. The van der Waals surface area contributed by atoms with Crippen molar-refractivity contribution in [3.63, 3.8) is 0 Å². The molecule has 0 unspecified atom stereocenters. The molecule has 1 heterocycles. The molecule has 0 atom stereocenters. The van der Waals surface area contributed by atoms with Gasteiger partial charge in [-0.1, -0.05) is 46.0 Å². The highest BCUT2D eigenvalue weighted by molar-refractivity contribution is 5.22. The van der Waals surface area contributed by atoms with E-state index in [1.165, 1.54) is 44.1 Å². The highest BCUT2D eigenvalue weighted by atomic mass is 16.5. The molecule has 2 nitrogen and oxygen atoms in total. The van der Waals surface area contributed by atoms with E-state index in [0.717, 1.165) is 18.4 Å². The summed E-state index contributed by atoms with van der Waals surface area (Å²) >= 11 is 0. The second-order valence-electron chi connectivity index (χ2n) is 5.72. The van der Waals surface area contributed by atoms with Crippen LogP contribution in [0.5, 0.6) is 5.88 Å². The Hall–Kier alpha value is -1.05. The van der Waals surface area contributed by atoms with E-state index in [0.29, 0.717) is 5.92 Å². The Labute approximate surface area is 111 Å². The van der Waals surface area contributed by atoms with Crippen LogP contribution < -0.4 is 4.74 Å². The Morgan fingerprint density at radius 2 is 2.06 bits per heavy atom. The van der Waals surface area contributed by atoms with Gasteiger partial charge in [0, 0.05) is 12.3 Å². The molecule has 0 N–H and O–H groups in total. The van der Waals surface area contributed by atoms with Gasteiger partial charge in [-0.15, -0.1) is 0 Å². The molecule has 0 radical (unpaired) electrons. The van der Waals surface area contributed by atoms with Crippen molar-refractivity contribution in [1.29, 1.82) is 0 Å². The molecule has 2 rings (SSSR count). The van der Waals surface area contributed by atoms with E-state index in [4.69, 9.17) is 4.74 Å². The van der Waals surface area contributed by atoms with Crippen molar-refractivity contribution in [3.8, 4) is 5.88 Å². The summed E-state index contributed by atoms with van der Waals surface area (Å²) in [4.78, 5) is 4.28. The number of rotatable bonds is 5. The molecule has 0 amide bonds. The lowest BCUT2D eigenvalue weighted by atomic mass is 9.87. The minimum absolute atomic E-state index is 0.536. The minimum Gasteiger partial charge on any atom is -0.478 e. The summed E-state index contributed by atoms with van der Waals surface area (Å²) in [7, 11) is 0. The van der Waals surface area contributed by atoms with E-state index in [1.807, 2.05) is 6.20 Å². The topological polar surface area (TPSA) is 22.1 Å². The maximum Gasteiger partial charge on any atom is 0.213 e. The first-order valence-corrected chi connectivity index (χ1v) is 7.34. The van der Waals surface area contributed by atoms with Crippen molar-refractivity contribution in [2.75, 3.05) is 6.61 Å². The molecule has 1 aromatic rings. The van der Waals surface area contributed by atoms with Crippen LogP contribution in [0.15, 0.2) is 18.3 Å². The summed E-state index contributed by atoms with van der Waals surface area (Å²) in [6.07, 6.45) is 10.1. The normalized spacial score (nSPS) is 17.1. The van der Waals surface area contributed by atoms with Crippen molar-refractivity contribution in [3.05, 3.63) is 23.9 Å². The molecule has 0 saturated heterocycles. The van der Waals surface area contributed by atoms with E-state index < -0.39 is 0 Å². The van der Waals surface area contributed by atoms with E-state index in [-0.39, 0.29) is 0 Å². The van der Waals surface area contributed by atoms with Crippen molar-refractivity contribution in [2.45, 2.75) is 58.3 Å². The average molecular weight is 247 g/mol. The van der Waals surface area contributed by atoms with Gasteiger partial charge in [0.05, 0.1) is 6.61 Å². The van der Waals surface area contributed by atoms with Crippen LogP contribution in [0, 0.1) is 5.92 Å². The summed E-state index contributed by atoms with van der Waals surface area (Å²) in [5.74, 6) is 2.21. The minimum atomic E-state index is 0.536. The molecule has 0 aromatic carbocycles. The molecule has 1 fully saturated rings. The number of aromatic nitrogens is 1. The van der Waals surface area contributed by atoms with Gasteiger partial charge < -0.3 is 4.74 Å². The van der Waals surface area contributed by atoms with Crippen LogP contribution in [0.2, 0.25) is 0 Å². The van der Waals surface area contributed by atoms with Crippen molar-refractivity contribution in [1.82, 2.24) is 4.98 Å². The van der Waals surface area contributed by atoms with Crippen LogP contribution in [-0.4, -0.2) is 11.6 Å². The summed E-state index contributed by atoms with van der Waals surface area (Å²) in [6.45, 7) is 5.21. The van der Waals surface area contributed by atoms with Gasteiger partial charge in [0.15, 0.2) is 0 Å². The van der Waals surface area contributed by atoms with Crippen molar-refractivity contribution in [2.24, 2.45) is 5.92 Å². The molecule has 1 aromatic heterocycles. The number of hydrogen-bond acceptors (Lipinski definition) is 2. The summed E-state index contributed by atoms with van der Waals surface area (Å²) in [5, 5.41) is 0. The molecule has 18 heavy (non-hydrogen) atoms. The monoisotopic (exact) mass is 247 g/mol. The smallest absolute Gasteiger partial charge is 0.213 e. The number of hydrogen-bond donors (Lipinski definition) is 0. The fraction of sp³-hybridized carbons (Fsp3) is 0.688. The van der Waals surface area contributed by atoms with Gasteiger partial charge >= 0.3 is 0 Å². The first-order valence-electron chi connectivity index (χ1n) is 7.34. The Morgan fingerprint density at radius 3 is 2.78 bits per heavy atom. The van der Waals surface area contributed by atoms with Crippen molar-refractivity contribution >= 4 is 0 Å². The molecular formula is C16H25NO. The van der Waals surface area contributed by atoms with Crippen LogP contribution in [0.25, 0.3) is 0 Å². The van der Waals surface area contributed by atoms with Gasteiger partial charge in [-0.3, -0.25) is 0 Å². The van der Waals surface area contributed by atoms with E-state index in [1.54, 1.807) is 0 Å². The standard InChI is InChI=1S/C16H25NO/c1-13(2)15-8-10-17-16(12-15)18-11-9-14-6-4-3-5-7-14/h8,10,12-14H,3-7,9,11H2,1-2H3. The fourth-order valence-corrected chi connectivity index (χ4v) is 2.67. The molecule has 1 aliphatic carbocycles. The van der Waals surface area contributed by atoms with Crippen LogP contribution >= 0.6 is 0 Å². The second-order valence-corrected chi connectivity index (χ2v) is 5.72. The highest BCUT2D eigenvalue weighted by Gasteiger charge is 2.13. The zero-order chi connectivity index (χ0) is 12.8. The van der Waals surface area contributed by atoms with Gasteiger partial charge in [-0.05, 0) is 29.9 Å². The van der Waals surface area contributed by atoms with Crippen molar-refractivity contribution < 1.29 is 4.74 Å². The SMILES string of the molecule is CC(C)c1ccnc(OCCC2CCCCC2)c1. The number of ether oxygens (including phenoxy) is 1. The Morgan fingerprint density at radius 1 is 1.28 bits per heavy atom. The van der Waals surface area contributed by atoms with E-state index in [9.17, 15) is 0 Å². The summed E-state index contributed by atoms with van der Waals surface area (Å²) < 4.78 is 5.79. The van der Waals surface area contributed by atoms with E-state index in [2.05, 4.69) is 31.0 Å². The predicted molar refractivity (Wildman–Crippen MR) is 75.0 cm³/mol. The van der Waals surface area contributed by atoms with Gasteiger partial charge in [0.1, 0.15) is 0 Å². The van der Waals surface area contributed by atoms with Crippen LogP contribution in [0.1, 0.15) is 63.9 Å². The first-order chi connectivity index (χ1) is 8.75. The number of pyridine rings is 1. The first kappa shape index (κ1) is 13.4. The Bertz CT molecular complexity index is 356. The summed E-state index contributed by atoms with van der Waals surface area (Å²) in [6, 6.07) is 4.14. The third-order valence-electron chi connectivity index (χ3n) is 3.93. The lowest BCUT2D eigenvalue weighted by Crippen LogP contribution is -2.11. The zero-order valence-corrected chi connectivity index (χ0v) is 11.7. The van der Waals surface area contributed by atoms with Gasteiger partial charge in [0.25, 0.3) is 0 Å². The summed E-state index contributed by atoms with van der Waals surface area (Å²) in [5.41, 5.74) is 1.30. The highest BCUT2D eigenvalue weighted by Crippen LogP contribution is 2.26. The lowest BCUT2D eigenvalue weighted by Gasteiger charge is -2.21. The molecule has 0 aliphatic heterocycles. The maximum absolute atomic E-state index is 5.79. The van der Waals surface area contributed by atoms with Crippen LogP contribution in [0.3, 0.4) is 0 Å². The lowest BCUT2D eigenvalue weighted by molar-refractivity contribution is 0.240. The largest absolute Gasteiger partial charge is 0.478 e. The maximum atomic E-state index is 5.79. The molecule has 2 heteroatoms. The van der Waals surface area contributed by atoms with Crippen LogP contribution in [-0.2, 0) is 0 Å². The molecule has 0 spiro atoms. The Balaban J connectivity index is 1.77. The van der Waals surface area contributed by atoms with Gasteiger partial charge in [0.2, 0.25) is 5.88 Å². The predicted octanol–water partition coefficient (Wildman–Crippen LogP) is 4.55. The van der Waals surface area contributed by atoms with Gasteiger partial charge in [-0.25, -0.2) is 4.98 Å². The third kappa shape index (κ3) is 4.01. The molecule has 1 saturated carbocycles. The van der Waals surface area contributed by atoms with Crippen LogP contribution in [0.4, 0.5) is 0 Å². The third-order valence-corrected chi connectivity index (χ3v) is 3.93. The quantitative estimate of drug-likeness (QED) is 0.761. The van der Waals surface area contributed by atoms with Gasteiger partial charge in [-0.2, -0.15) is 0 Å². The molecule has 0 bridgehead atoms. The second kappa shape index (κ2) is 6.77. The van der Waals surface area contributed by atoms with E-state index >= 15 is 0 Å². The zero-order valence-electron chi connectivity index (χ0n) is 11.7. The average Bonchev–Trinajstić information content (AvgIpc) is 2.40. The Kier molecular flexibility index (Phi) is 5.03. The molecule has 1 aliphatic rings. The number of nitrogens with zero attached hydrogens (tertiary/aromatic N) is 1. The molecular weight excluding hydrogens is 222 g/mol. The fourth-order valence-electron chi connectivity index (χ4n) is 2.67.